The Morgan fingerprint density at radius 2 is 1.29 bits per heavy atom. The van der Waals surface area contributed by atoms with Gasteiger partial charge < -0.3 is 9.59 Å². The summed E-state index contributed by atoms with van der Waals surface area (Å²) in [7, 11) is -3.13. The largest absolute Gasteiger partial charge is 0 e. The summed E-state index contributed by atoms with van der Waals surface area (Å²) < 4.78 is 8.74. The van der Waals surface area contributed by atoms with Crippen LogP contribution in [-0.4, -0.2) is 48.3 Å². The van der Waals surface area contributed by atoms with E-state index in [9.17, 15) is 0 Å². The van der Waals surface area contributed by atoms with Gasteiger partial charge in [0.25, 0.3) is 0 Å². The van der Waals surface area contributed by atoms with Gasteiger partial charge in [0, 0.05) is 52.0 Å². The molecule has 0 saturated carbocycles. The first-order valence-electron chi connectivity index (χ1n) is 0.651. The van der Waals surface area contributed by atoms with E-state index in [1.54, 1.807) is 0 Å². The average molecular weight is 238 g/mol. The minimum Gasteiger partial charge on any atom is 0 e. The van der Waals surface area contributed by atoms with Crippen molar-refractivity contribution in [3.8, 4) is 0 Å². The molecule has 1 radical (unpaired) electrons. The molecule has 0 spiro atoms. The third kappa shape index (κ3) is 60.5. The van der Waals surface area contributed by atoms with Crippen molar-refractivity contribution in [2.45, 2.75) is 0 Å². The quantitative estimate of drug-likeness (QED) is 0.468. The van der Waals surface area contributed by atoms with Crippen LogP contribution in [0.3, 0.4) is 0 Å². The molecule has 7 heavy (non-hydrogen) atoms. The zero-order chi connectivity index (χ0) is 3.58. The van der Waals surface area contributed by atoms with Crippen LogP contribution in [-0.2, 0) is 56.5 Å². The van der Waals surface area contributed by atoms with Crippen LogP contribution in [0.5, 0.6) is 0 Å². The van der Waals surface area contributed by atoms with E-state index >= 15 is 0 Å². The SMILES string of the molecule is O=[Si](O)O.[NaH].[Sc].[Zr]. The molecule has 0 aliphatic carbocycles. The van der Waals surface area contributed by atoms with Crippen molar-refractivity contribution in [3.63, 3.8) is 0 Å². The second kappa shape index (κ2) is 15.8. The van der Waals surface area contributed by atoms with Gasteiger partial charge >= 0.3 is 38.7 Å². The van der Waals surface area contributed by atoms with Crippen molar-refractivity contribution >= 4 is 38.7 Å². The van der Waals surface area contributed by atoms with Gasteiger partial charge in [0.1, 0.15) is 0 Å². The first-order valence-corrected chi connectivity index (χ1v) is 1.95. The van der Waals surface area contributed by atoms with Gasteiger partial charge in [0.15, 0.2) is 0 Å². The summed E-state index contributed by atoms with van der Waals surface area (Å²) in [5.41, 5.74) is 0. The van der Waals surface area contributed by atoms with E-state index in [4.69, 9.17) is 14.1 Å². The standard InChI is InChI=1S/Na.H2O3Si.Sc.Zr.H/c;1-4(2)3;;;/h;1-2H;;;. The molecule has 0 aromatic carbocycles. The second-order valence-corrected chi connectivity index (χ2v) is 0.848. The maximum absolute atomic E-state index is 8.74. The normalized spacial score (nSPS) is 3.43. The molecule has 0 amide bonds. The van der Waals surface area contributed by atoms with Gasteiger partial charge in [-0.25, -0.2) is 0 Å². The molecule has 3 nitrogen and oxygen atoms in total. The van der Waals surface area contributed by atoms with Crippen molar-refractivity contribution in [2.24, 2.45) is 0 Å². The fourth-order valence-electron chi connectivity index (χ4n) is 0. The van der Waals surface area contributed by atoms with E-state index in [1.165, 1.54) is 0 Å². The summed E-state index contributed by atoms with van der Waals surface area (Å²) in [6.07, 6.45) is 0. The van der Waals surface area contributed by atoms with Crippen LogP contribution in [0.4, 0.5) is 0 Å². The average Bonchev–Trinajstić information content (AvgIpc) is 0.811. The maximum Gasteiger partial charge on any atom is 0 e. The maximum atomic E-state index is 8.74. The van der Waals surface area contributed by atoms with Gasteiger partial charge in [-0.3, -0.25) is 4.46 Å². The Bertz CT molecular complexity index is 37.9. The number of hydrogen-bond acceptors (Lipinski definition) is 1. The molecular weight excluding hydrogens is 235 g/mol. The Morgan fingerprint density at radius 3 is 1.29 bits per heavy atom. The van der Waals surface area contributed by atoms with Gasteiger partial charge in [0.05, 0.1) is 0 Å². The monoisotopic (exact) mass is 237 g/mol. The second-order valence-electron chi connectivity index (χ2n) is 0.283. The van der Waals surface area contributed by atoms with Crippen molar-refractivity contribution < 1.29 is 66.1 Å². The van der Waals surface area contributed by atoms with Crippen molar-refractivity contribution in [3.05, 3.63) is 0 Å². The van der Waals surface area contributed by atoms with Crippen LogP contribution in [0.1, 0.15) is 0 Å². The Hall–Kier alpha value is 2.37. The molecule has 0 aliphatic heterocycles. The number of rotatable bonds is 0. The van der Waals surface area contributed by atoms with Gasteiger partial charge in [0.2, 0.25) is 0 Å². The molecular formula is H3NaO3ScSiZr. The summed E-state index contributed by atoms with van der Waals surface area (Å²) in [6, 6.07) is 0. The van der Waals surface area contributed by atoms with Crippen LogP contribution in [0.25, 0.3) is 0 Å². The first kappa shape index (κ1) is 22.8. The Labute approximate surface area is 103 Å². The molecule has 0 aromatic rings. The predicted octanol–water partition coefficient (Wildman–Crippen LogP) is -2.27. The van der Waals surface area contributed by atoms with Crippen LogP contribution >= 0.6 is 0 Å². The topological polar surface area (TPSA) is 57.5 Å². The zero-order valence-electron chi connectivity index (χ0n) is 2.88. The van der Waals surface area contributed by atoms with Crippen LogP contribution < -0.4 is 0 Å². The molecule has 0 aromatic heterocycles. The molecule has 0 rings (SSSR count). The van der Waals surface area contributed by atoms with E-state index in [-0.39, 0.29) is 81.6 Å². The van der Waals surface area contributed by atoms with Crippen molar-refractivity contribution in [1.82, 2.24) is 0 Å². The minimum absolute atomic E-state index is 0. The fraction of sp³-hybridized carbons (Fsp3) is 0. The molecule has 0 aliphatic rings. The summed E-state index contributed by atoms with van der Waals surface area (Å²) >= 11 is 0. The van der Waals surface area contributed by atoms with Gasteiger partial charge in [-0.2, -0.15) is 0 Å². The predicted molar refractivity (Wildman–Crippen MR) is 18.0 cm³/mol. The van der Waals surface area contributed by atoms with Crippen molar-refractivity contribution in [1.29, 1.82) is 0 Å². The molecule has 7 heteroatoms. The molecule has 0 fully saturated rings. The molecule has 2 N–H and O–H groups in total. The summed E-state index contributed by atoms with van der Waals surface area (Å²) in [4.78, 5) is 14.3. The van der Waals surface area contributed by atoms with Gasteiger partial charge in [-0.05, 0) is 0 Å². The molecule has 0 heterocycles. The van der Waals surface area contributed by atoms with E-state index in [2.05, 4.69) is 0 Å². The molecule has 33 valence electrons. The van der Waals surface area contributed by atoms with Crippen LogP contribution in [0.15, 0.2) is 0 Å². The number of hydrogen-bond donors (Lipinski definition) is 2. The first-order chi connectivity index (χ1) is 1.73. The van der Waals surface area contributed by atoms with Gasteiger partial charge in [-0.1, -0.05) is 0 Å². The Morgan fingerprint density at radius 1 is 1.29 bits per heavy atom. The smallest absolute Gasteiger partial charge is 0 e. The van der Waals surface area contributed by atoms with Crippen LogP contribution in [0.2, 0.25) is 0 Å². The Kier molecular flexibility index (Phi) is 51.3. The third-order valence-corrected chi connectivity index (χ3v) is 0. The van der Waals surface area contributed by atoms with Crippen molar-refractivity contribution in [2.75, 3.05) is 0 Å². The third-order valence-electron chi connectivity index (χ3n) is 0. The molecule has 0 unspecified atom stereocenters. The zero-order valence-corrected chi connectivity index (χ0v) is 8.14. The Balaban J connectivity index is -0.0000000150. The van der Waals surface area contributed by atoms with Crippen LogP contribution in [0, 0.1) is 0 Å². The van der Waals surface area contributed by atoms with E-state index in [0.717, 1.165) is 0 Å². The summed E-state index contributed by atoms with van der Waals surface area (Å²) in [5.74, 6) is 0. The summed E-state index contributed by atoms with van der Waals surface area (Å²) in [5, 5.41) is 0. The van der Waals surface area contributed by atoms with Gasteiger partial charge in [-0.15, -0.1) is 0 Å². The fourth-order valence-corrected chi connectivity index (χ4v) is 0. The van der Waals surface area contributed by atoms with E-state index in [1.807, 2.05) is 0 Å². The minimum atomic E-state index is -3.13. The van der Waals surface area contributed by atoms with E-state index < -0.39 is 9.17 Å². The van der Waals surface area contributed by atoms with E-state index in [0.29, 0.717) is 0 Å². The molecule has 0 saturated heterocycles. The summed E-state index contributed by atoms with van der Waals surface area (Å²) in [6.45, 7) is 0. The molecule has 0 bridgehead atoms. The molecule has 0 atom stereocenters.